The second kappa shape index (κ2) is 5.84. The van der Waals surface area contributed by atoms with Crippen LogP contribution in [-0.4, -0.2) is 36.2 Å². The zero-order valence-electron chi connectivity index (χ0n) is 12.8. The molecule has 118 valence electrons. The monoisotopic (exact) mass is 294 g/mol. The summed E-state index contributed by atoms with van der Waals surface area (Å²) in [6.07, 6.45) is 12.6. The Bertz CT molecular complexity index is 365. The highest BCUT2D eigenvalue weighted by Gasteiger charge is 2.56. The topological polar surface area (TPSA) is 47.9 Å². The zero-order chi connectivity index (χ0) is 14.3. The van der Waals surface area contributed by atoms with Crippen LogP contribution in [0.3, 0.4) is 0 Å². The van der Waals surface area contributed by atoms with Crippen LogP contribution >= 0.6 is 0 Å². The summed E-state index contributed by atoms with van der Waals surface area (Å²) in [6.45, 7) is 0. The Morgan fingerprint density at radius 3 is 2.33 bits per heavy atom. The molecule has 4 nitrogen and oxygen atoms in total. The summed E-state index contributed by atoms with van der Waals surface area (Å²) >= 11 is 0. The molecular formula is C16H27BO4. The van der Waals surface area contributed by atoms with Gasteiger partial charge in [-0.3, -0.25) is 0 Å². The molecule has 2 aliphatic carbocycles. The van der Waals surface area contributed by atoms with E-state index in [-0.39, 0.29) is 24.1 Å². The molecule has 5 heteroatoms. The summed E-state index contributed by atoms with van der Waals surface area (Å²) in [5, 5.41) is 10.1. The lowest BCUT2D eigenvalue weighted by atomic mass is 9.71. The van der Waals surface area contributed by atoms with E-state index in [4.69, 9.17) is 14.1 Å². The molecule has 4 fully saturated rings. The van der Waals surface area contributed by atoms with E-state index >= 15 is 0 Å². The minimum atomic E-state index is -0.680. The minimum Gasteiger partial charge on any atom is -0.427 e. The molecule has 1 spiro atoms. The van der Waals surface area contributed by atoms with Crippen LogP contribution in [0.5, 0.6) is 0 Å². The fraction of sp³-hybridized carbons (Fsp3) is 1.00. The van der Waals surface area contributed by atoms with Gasteiger partial charge < -0.3 is 19.2 Å². The molecule has 0 aromatic heterocycles. The van der Waals surface area contributed by atoms with Crippen molar-refractivity contribution in [3.05, 3.63) is 0 Å². The normalized spacial score (nSPS) is 40.4. The van der Waals surface area contributed by atoms with E-state index in [9.17, 15) is 5.02 Å². The van der Waals surface area contributed by atoms with Crippen LogP contribution in [0.15, 0.2) is 0 Å². The third-order valence-electron chi connectivity index (χ3n) is 5.89. The third-order valence-corrected chi connectivity index (χ3v) is 5.89. The Morgan fingerprint density at radius 2 is 1.57 bits per heavy atom. The van der Waals surface area contributed by atoms with Gasteiger partial charge in [-0.1, -0.05) is 25.7 Å². The van der Waals surface area contributed by atoms with Gasteiger partial charge in [0.2, 0.25) is 0 Å². The number of hydrogen-bond acceptors (Lipinski definition) is 4. The highest BCUT2D eigenvalue weighted by molar-refractivity contribution is 6.43. The average Bonchev–Trinajstić information content (AvgIpc) is 2.85. The van der Waals surface area contributed by atoms with Crippen molar-refractivity contribution >= 4 is 7.12 Å². The largest absolute Gasteiger partial charge is 0.457 e. The smallest absolute Gasteiger partial charge is 0.427 e. The van der Waals surface area contributed by atoms with E-state index in [1.165, 1.54) is 51.4 Å². The van der Waals surface area contributed by atoms with Gasteiger partial charge in [0.15, 0.2) is 5.79 Å². The molecule has 2 saturated carbocycles. The molecule has 3 atom stereocenters. The molecule has 2 saturated heterocycles. The molecule has 1 N–H and O–H groups in total. The van der Waals surface area contributed by atoms with E-state index < -0.39 is 7.12 Å². The van der Waals surface area contributed by atoms with E-state index in [2.05, 4.69) is 0 Å². The van der Waals surface area contributed by atoms with Crippen LogP contribution in [0, 0.1) is 5.92 Å². The first-order valence-electron chi connectivity index (χ1n) is 8.95. The van der Waals surface area contributed by atoms with Gasteiger partial charge in [-0.05, 0) is 31.6 Å². The molecule has 4 rings (SSSR count). The van der Waals surface area contributed by atoms with Gasteiger partial charge in [-0.15, -0.1) is 0 Å². The van der Waals surface area contributed by atoms with E-state index in [0.29, 0.717) is 12.2 Å². The second-order valence-corrected chi connectivity index (χ2v) is 7.40. The summed E-state index contributed by atoms with van der Waals surface area (Å²) in [6, 6.07) is 0. The quantitative estimate of drug-likeness (QED) is 0.755. The highest BCUT2D eigenvalue weighted by Crippen LogP contribution is 2.46. The average molecular weight is 294 g/mol. The lowest BCUT2D eigenvalue weighted by molar-refractivity contribution is -0.199. The van der Waals surface area contributed by atoms with Crippen LogP contribution in [-0.2, 0) is 14.1 Å². The van der Waals surface area contributed by atoms with Crippen molar-refractivity contribution in [2.75, 3.05) is 0 Å². The molecule has 0 amide bonds. The van der Waals surface area contributed by atoms with Gasteiger partial charge in [-0.2, -0.15) is 0 Å². The summed E-state index contributed by atoms with van der Waals surface area (Å²) in [4.78, 5) is 0. The molecule has 2 aliphatic heterocycles. The Labute approximate surface area is 127 Å². The van der Waals surface area contributed by atoms with Crippen molar-refractivity contribution < 1.29 is 19.2 Å². The summed E-state index contributed by atoms with van der Waals surface area (Å²) in [7, 11) is -0.680. The Hall–Kier alpha value is -0.0951. The zero-order valence-corrected chi connectivity index (χ0v) is 12.8. The molecule has 0 aromatic carbocycles. The van der Waals surface area contributed by atoms with Gasteiger partial charge >= 0.3 is 7.12 Å². The molecule has 21 heavy (non-hydrogen) atoms. The number of hydrogen-bond donors (Lipinski definition) is 1. The molecule has 2 heterocycles. The van der Waals surface area contributed by atoms with Gasteiger partial charge in [0.1, 0.15) is 6.10 Å². The second-order valence-electron chi connectivity index (χ2n) is 7.40. The van der Waals surface area contributed by atoms with Gasteiger partial charge in [0, 0.05) is 19.2 Å². The molecule has 0 aromatic rings. The number of ether oxygens (including phenoxy) is 2. The molecule has 0 unspecified atom stereocenters. The van der Waals surface area contributed by atoms with Crippen LogP contribution in [0.4, 0.5) is 0 Å². The van der Waals surface area contributed by atoms with E-state index in [1.807, 2.05) is 0 Å². The van der Waals surface area contributed by atoms with E-state index in [1.54, 1.807) is 0 Å². The van der Waals surface area contributed by atoms with Crippen molar-refractivity contribution in [3.63, 3.8) is 0 Å². The maximum Gasteiger partial charge on any atom is 0.457 e. The Kier molecular flexibility index (Phi) is 4.03. The summed E-state index contributed by atoms with van der Waals surface area (Å²) in [5.74, 6) is 0.164. The number of fused-ring (bicyclic) bond motifs is 1. The summed E-state index contributed by atoms with van der Waals surface area (Å²) < 4.78 is 18.7. The van der Waals surface area contributed by atoms with Crippen molar-refractivity contribution in [1.82, 2.24) is 0 Å². The van der Waals surface area contributed by atoms with Crippen LogP contribution < -0.4 is 0 Å². The molecule has 4 aliphatic rings. The molecule has 0 bridgehead atoms. The van der Waals surface area contributed by atoms with Crippen molar-refractivity contribution in [2.24, 2.45) is 5.92 Å². The Balaban J connectivity index is 1.51. The standard InChI is InChI=1S/C16H27BO4/c18-17-11-13-15(14(21-17)12-7-3-1-4-8-12)20-16(19-13)9-5-2-6-10-16/h12-15,18H,1-11H2/t13-,14-,15-/m0/s1. The SMILES string of the molecule is OB1C[C@@H]2OC3(CCCCC3)O[C@@H]2[C@H](C2CCCCC2)O1. The highest BCUT2D eigenvalue weighted by atomic mass is 16.8. The van der Waals surface area contributed by atoms with Gasteiger partial charge in [0.05, 0.1) is 12.2 Å². The Morgan fingerprint density at radius 1 is 0.857 bits per heavy atom. The first-order valence-corrected chi connectivity index (χ1v) is 8.95. The third kappa shape index (κ3) is 2.78. The maximum atomic E-state index is 10.1. The van der Waals surface area contributed by atoms with Crippen molar-refractivity contribution in [2.45, 2.75) is 94.6 Å². The van der Waals surface area contributed by atoms with E-state index in [0.717, 1.165) is 12.8 Å². The fourth-order valence-corrected chi connectivity index (χ4v) is 4.84. The van der Waals surface area contributed by atoms with Crippen molar-refractivity contribution in [1.29, 1.82) is 0 Å². The lowest BCUT2D eigenvalue weighted by Gasteiger charge is -2.39. The predicted molar refractivity (Wildman–Crippen MR) is 79.8 cm³/mol. The lowest BCUT2D eigenvalue weighted by Crippen LogP contribution is -2.51. The first kappa shape index (κ1) is 14.5. The van der Waals surface area contributed by atoms with Crippen LogP contribution in [0.25, 0.3) is 0 Å². The number of rotatable bonds is 1. The fourth-order valence-electron chi connectivity index (χ4n) is 4.84. The van der Waals surface area contributed by atoms with Gasteiger partial charge in [-0.25, -0.2) is 0 Å². The molecule has 0 radical (unpaired) electrons. The minimum absolute atomic E-state index is 0.0266. The van der Waals surface area contributed by atoms with Crippen LogP contribution in [0.2, 0.25) is 6.32 Å². The first-order chi connectivity index (χ1) is 10.3. The predicted octanol–water partition coefficient (Wildman–Crippen LogP) is 2.89. The molecular weight excluding hydrogens is 267 g/mol. The summed E-state index contributed by atoms with van der Waals surface area (Å²) in [5.41, 5.74) is 0. The van der Waals surface area contributed by atoms with Gasteiger partial charge in [0.25, 0.3) is 0 Å². The van der Waals surface area contributed by atoms with Crippen molar-refractivity contribution in [3.8, 4) is 0 Å². The van der Waals surface area contributed by atoms with Crippen LogP contribution in [0.1, 0.15) is 64.2 Å². The maximum absolute atomic E-state index is 10.1.